The summed E-state index contributed by atoms with van der Waals surface area (Å²) in [5.41, 5.74) is 2.88. The molecule has 0 amide bonds. The number of aliphatic imine (C=N–C) groups is 1. The maximum absolute atomic E-state index is 6.12. The van der Waals surface area contributed by atoms with E-state index in [1.807, 2.05) is 30.2 Å². The highest BCUT2D eigenvalue weighted by Crippen LogP contribution is 2.60. The van der Waals surface area contributed by atoms with E-state index in [9.17, 15) is 0 Å². The SMILES string of the molecule is CN=C(NCc1ccccc1Cn1cccn1)NC1C2CCOC2C12CCCC2.I. The number of nitrogens with one attached hydrogen (secondary N) is 2. The molecule has 5 rings (SSSR count). The highest BCUT2D eigenvalue weighted by molar-refractivity contribution is 14.0. The Bertz CT molecular complexity index is 862. The molecule has 0 bridgehead atoms. The van der Waals surface area contributed by atoms with Crippen LogP contribution in [0.5, 0.6) is 0 Å². The van der Waals surface area contributed by atoms with Gasteiger partial charge in [0, 0.05) is 50.0 Å². The molecule has 2 N–H and O–H groups in total. The molecule has 3 atom stereocenters. The summed E-state index contributed by atoms with van der Waals surface area (Å²) in [5, 5.41) is 11.7. The van der Waals surface area contributed by atoms with E-state index in [-0.39, 0.29) is 24.0 Å². The van der Waals surface area contributed by atoms with Crippen LogP contribution in [-0.2, 0) is 17.8 Å². The van der Waals surface area contributed by atoms with Gasteiger partial charge in [-0.05, 0) is 36.5 Å². The van der Waals surface area contributed by atoms with E-state index >= 15 is 0 Å². The van der Waals surface area contributed by atoms with Gasteiger partial charge in [-0.1, -0.05) is 37.1 Å². The summed E-state index contributed by atoms with van der Waals surface area (Å²) in [7, 11) is 1.87. The summed E-state index contributed by atoms with van der Waals surface area (Å²) < 4.78 is 8.08. The topological polar surface area (TPSA) is 63.5 Å². The average molecular weight is 521 g/mol. The smallest absolute Gasteiger partial charge is 0.191 e. The highest BCUT2D eigenvalue weighted by atomic mass is 127. The lowest BCUT2D eigenvalue weighted by atomic mass is 9.54. The number of hydrogen-bond donors (Lipinski definition) is 2. The Morgan fingerprint density at radius 1 is 1.23 bits per heavy atom. The molecule has 3 unspecified atom stereocenters. The normalized spacial score (nSPS) is 26.7. The summed E-state index contributed by atoms with van der Waals surface area (Å²) in [6.45, 7) is 2.45. The maximum Gasteiger partial charge on any atom is 0.191 e. The zero-order chi connectivity index (χ0) is 19.7. The van der Waals surface area contributed by atoms with Gasteiger partial charge >= 0.3 is 0 Å². The van der Waals surface area contributed by atoms with Crippen LogP contribution in [0.2, 0.25) is 0 Å². The number of benzene rings is 1. The van der Waals surface area contributed by atoms with E-state index in [4.69, 9.17) is 4.74 Å². The molecule has 0 radical (unpaired) electrons. The maximum atomic E-state index is 6.12. The van der Waals surface area contributed by atoms with Gasteiger partial charge in [0.1, 0.15) is 0 Å². The zero-order valence-electron chi connectivity index (χ0n) is 17.6. The van der Waals surface area contributed by atoms with Crippen molar-refractivity contribution in [2.75, 3.05) is 13.7 Å². The third-order valence-electron chi connectivity index (χ3n) is 7.26. The number of halogens is 1. The Kier molecular flexibility index (Phi) is 6.67. The van der Waals surface area contributed by atoms with E-state index in [0.29, 0.717) is 23.5 Å². The van der Waals surface area contributed by atoms with Gasteiger partial charge in [-0.2, -0.15) is 5.10 Å². The van der Waals surface area contributed by atoms with Gasteiger partial charge in [0.15, 0.2) is 5.96 Å². The van der Waals surface area contributed by atoms with E-state index < -0.39 is 0 Å². The van der Waals surface area contributed by atoms with Crippen LogP contribution in [0.1, 0.15) is 43.2 Å². The monoisotopic (exact) mass is 521 g/mol. The molecular formula is C23H32IN5O. The first-order valence-corrected chi connectivity index (χ1v) is 10.9. The molecule has 6 nitrogen and oxygen atoms in total. The molecule has 2 heterocycles. The fourth-order valence-corrected chi connectivity index (χ4v) is 5.88. The molecular weight excluding hydrogens is 489 g/mol. The quantitative estimate of drug-likeness (QED) is 0.359. The van der Waals surface area contributed by atoms with Crippen LogP contribution in [0.25, 0.3) is 0 Å². The van der Waals surface area contributed by atoms with Crippen LogP contribution in [0.15, 0.2) is 47.7 Å². The second kappa shape index (κ2) is 9.26. The molecule has 2 aromatic rings. The third-order valence-corrected chi connectivity index (χ3v) is 7.26. The Labute approximate surface area is 195 Å². The Balaban J connectivity index is 0.00000218. The van der Waals surface area contributed by atoms with Crippen LogP contribution in [0.3, 0.4) is 0 Å². The lowest BCUT2D eigenvalue weighted by Crippen LogP contribution is -2.69. The van der Waals surface area contributed by atoms with E-state index in [2.05, 4.69) is 45.0 Å². The molecule has 30 heavy (non-hydrogen) atoms. The molecule has 3 aliphatic rings. The summed E-state index contributed by atoms with van der Waals surface area (Å²) in [4.78, 5) is 4.54. The van der Waals surface area contributed by atoms with Crippen LogP contribution >= 0.6 is 24.0 Å². The predicted molar refractivity (Wildman–Crippen MR) is 129 cm³/mol. The first-order valence-electron chi connectivity index (χ1n) is 10.9. The minimum absolute atomic E-state index is 0. The summed E-state index contributed by atoms with van der Waals surface area (Å²) in [5.74, 6) is 1.54. The van der Waals surface area contributed by atoms with Crippen LogP contribution < -0.4 is 10.6 Å². The standard InChI is InChI=1S/C23H31N5O.HI/c1-24-22(27-20-19-9-14-29-21(19)23(20)10-4-5-11-23)25-15-17-7-2-3-8-18(17)16-28-13-6-12-26-28;/h2-3,6-8,12-13,19-21H,4-5,9-11,14-16H2,1H3,(H2,24,25,27);1H. The Hall–Kier alpha value is -1.61. The molecule has 1 spiro atoms. The van der Waals surface area contributed by atoms with Crippen molar-refractivity contribution < 1.29 is 4.74 Å². The molecule has 1 aliphatic heterocycles. The number of ether oxygens (including phenoxy) is 1. The van der Waals surface area contributed by atoms with Crippen molar-refractivity contribution in [1.29, 1.82) is 0 Å². The molecule has 162 valence electrons. The molecule has 1 saturated heterocycles. The van der Waals surface area contributed by atoms with Gasteiger partial charge < -0.3 is 15.4 Å². The van der Waals surface area contributed by atoms with Gasteiger partial charge in [0.05, 0.1) is 12.6 Å². The average Bonchev–Trinajstić information content (AvgIpc) is 3.50. The third kappa shape index (κ3) is 3.86. The van der Waals surface area contributed by atoms with Gasteiger partial charge in [-0.3, -0.25) is 9.67 Å². The van der Waals surface area contributed by atoms with Crippen molar-refractivity contribution in [3.05, 3.63) is 53.9 Å². The number of fused-ring (bicyclic) bond motifs is 2. The fourth-order valence-electron chi connectivity index (χ4n) is 5.88. The highest BCUT2D eigenvalue weighted by Gasteiger charge is 2.65. The number of guanidine groups is 1. The van der Waals surface area contributed by atoms with Crippen molar-refractivity contribution in [2.24, 2.45) is 16.3 Å². The number of rotatable bonds is 5. The van der Waals surface area contributed by atoms with Crippen molar-refractivity contribution in [3.8, 4) is 0 Å². The Morgan fingerprint density at radius 2 is 2.03 bits per heavy atom. The lowest BCUT2D eigenvalue weighted by molar-refractivity contribution is -0.125. The van der Waals surface area contributed by atoms with Crippen molar-refractivity contribution in [2.45, 2.75) is 57.3 Å². The lowest BCUT2D eigenvalue weighted by Gasteiger charge is -2.57. The second-order valence-electron chi connectivity index (χ2n) is 8.70. The minimum atomic E-state index is 0. The number of nitrogens with zero attached hydrogens (tertiary/aromatic N) is 3. The zero-order valence-corrected chi connectivity index (χ0v) is 19.9. The summed E-state index contributed by atoms with van der Waals surface area (Å²) >= 11 is 0. The first-order chi connectivity index (χ1) is 14.3. The largest absolute Gasteiger partial charge is 0.377 e. The van der Waals surface area contributed by atoms with Crippen molar-refractivity contribution in [1.82, 2.24) is 20.4 Å². The Morgan fingerprint density at radius 3 is 2.77 bits per heavy atom. The summed E-state index contributed by atoms with van der Waals surface area (Å²) in [6, 6.07) is 11.0. The van der Waals surface area contributed by atoms with Crippen LogP contribution in [0.4, 0.5) is 0 Å². The van der Waals surface area contributed by atoms with Crippen LogP contribution in [-0.4, -0.2) is 41.5 Å². The molecule has 7 heteroatoms. The molecule has 1 aromatic heterocycles. The minimum Gasteiger partial charge on any atom is -0.377 e. The van der Waals surface area contributed by atoms with Gasteiger partial charge in [0.25, 0.3) is 0 Å². The molecule has 1 aromatic carbocycles. The van der Waals surface area contributed by atoms with E-state index in [1.165, 1.54) is 43.2 Å². The molecule has 2 saturated carbocycles. The first kappa shape index (κ1) is 21.6. The van der Waals surface area contributed by atoms with Crippen molar-refractivity contribution >= 4 is 29.9 Å². The van der Waals surface area contributed by atoms with Crippen molar-refractivity contribution in [3.63, 3.8) is 0 Å². The predicted octanol–water partition coefficient (Wildman–Crippen LogP) is 3.56. The van der Waals surface area contributed by atoms with E-state index in [1.54, 1.807) is 0 Å². The van der Waals surface area contributed by atoms with E-state index in [0.717, 1.165) is 25.7 Å². The summed E-state index contributed by atoms with van der Waals surface area (Å²) in [6.07, 6.45) is 10.7. The van der Waals surface area contributed by atoms with Gasteiger partial charge in [-0.25, -0.2) is 0 Å². The second-order valence-corrected chi connectivity index (χ2v) is 8.70. The number of hydrogen-bond acceptors (Lipinski definition) is 3. The van der Waals surface area contributed by atoms with Crippen LogP contribution in [0, 0.1) is 11.3 Å². The molecule has 3 fully saturated rings. The number of aromatic nitrogens is 2. The molecule has 2 aliphatic carbocycles. The van der Waals surface area contributed by atoms with Gasteiger partial charge in [0.2, 0.25) is 0 Å². The fraction of sp³-hybridized carbons (Fsp3) is 0.565. The van der Waals surface area contributed by atoms with Gasteiger partial charge in [-0.15, -0.1) is 24.0 Å².